The van der Waals surface area contributed by atoms with E-state index in [0.717, 1.165) is 61.0 Å². The molecular weight excluding hydrogens is 524 g/mol. The summed E-state index contributed by atoms with van der Waals surface area (Å²) in [5.41, 5.74) is 5.03. The Kier molecular flexibility index (Phi) is 21.3. The first kappa shape index (κ1) is 41.2. The Hall–Kier alpha value is -2.96. The summed E-state index contributed by atoms with van der Waals surface area (Å²) < 4.78 is 0. The molecule has 3 amide bonds. The van der Waals surface area contributed by atoms with Gasteiger partial charge in [0.05, 0.1) is 0 Å². The zero-order valence-electron chi connectivity index (χ0n) is 29.5. The molecule has 0 radical (unpaired) electrons. The first-order chi connectivity index (χ1) is 19.8. The van der Waals surface area contributed by atoms with Crippen LogP contribution in [0, 0.1) is 26.2 Å². The second kappa shape index (κ2) is 21.7. The number of rotatable bonds is 6. The van der Waals surface area contributed by atoms with Crippen LogP contribution in [0.15, 0.2) is 28.9 Å². The summed E-state index contributed by atoms with van der Waals surface area (Å²) in [5, 5.41) is 2.90. The number of aliphatic imine (C=N–C) groups is 1. The maximum atomic E-state index is 12.7. The molecule has 0 aromatic heterocycles. The Morgan fingerprint density at radius 1 is 0.786 bits per heavy atom. The quantitative estimate of drug-likeness (QED) is 0.271. The van der Waals surface area contributed by atoms with Gasteiger partial charge in [-0.15, -0.1) is 0 Å². The number of allylic oxidation sites excluding steroid dienone is 1. The fourth-order valence-electron chi connectivity index (χ4n) is 4.58. The molecule has 1 aliphatic rings. The molecule has 42 heavy (non-hydrogen) atoms. The summed E-state index contributed by atoms with van der Waals surface area (Å²) in [4.78, 5) is 44.3. The molecule has 2 rings (SSSR count). The molecule has 1 fully saturated rings. The van der Waals surface area contributed by atoms with Gasteiger partial charge in [-0.05, 0) is 90.0 Å². The third-order valence-electron chi connectivity index (χ3n) is 7.62. The molecular formula is C35H62N4O3. The van der Waals surface area contributed by atoms with Crippen molar-refractivity contribution in [2.75, 3.05) is 26.2 Å². The molecule has 240 valence electrons. The van der Waals surface area contributed by atoms with Crippen LogP contribution in [0.5, 0.6) is 0 Å². The minimum absolute atomic E-state index is 0.0843. The van der Waals surface area contributed by atoms with Gasteiger partial charge in [0.1, 0.15) is 5.84 Å². The van der Waals surface area contributed by atoms with E-state index in [-0.39, 0.29) is 23.1 Å². The van der Waals surface area contributed by atoms with Crippen molar-refractivity contribution >= 4 is 23.6 Å². The van der Waals surface area contributed by atoms with Gasteiger partial charge in [-0.1, -0.05) is 60.1 Å². The molecule has 1 aromatic rings. The Morgan fingerprint density at radius 2 is 1.26 bits per heavy atom. The lowest BCUT2D eigenvalue weighted by Gasteiger charge is -2.28. The first-order valence-corrected chi connectivity index (χ1v) is 15.9. The monoisotopic (exact) mass is 586 g/mol. The van der Waals surface area contributed by atoms with Crippen LogP contribution in [0.4, 0.5) is 0 Å². The number of hydrogen-bond acceptors (Lipinski definition) is 4. The predicted molar refractivity (Wildman–Crippen MR) is 180 cm³/mol. The number of hydrogen-bond donors (Lipinski definition) is 1. The molecule has 0 atom stereocenters. The molecule has 1 N–H and O–H groups in total. The molecule has 0 spiro atoms. The molecule has 7 nitrogen and oxygen atoms in total. The van der Waals surface area contributed by atoms with E-state index in [4.69, 9.17) is 0 Å². The maximum Gasteiger partial charge on any atom is 0.254 e. The summed E-state index contributed by atoms with van der Waals surface area (Å²) in [6.07, 6.45) is 5.20. The van der Waals surface area contributed by atoms with Gasteiger partial charge in [0, 0.05) is 50.3 Å². The predicted octanol–water partition coefficient (Wildman–Crippen LogP) is 8.02. The Bertz CT molecular complexity index is 1030. The van der Waals surface area contributed by atoms with Gasteiger partial charge in [-0.3, -0.25) is 14.4 Å². The van der Waals surface area contributed by atoms with Gasteiger partial charge in [-0.2, -0.15) is 0 Å². The molecule has 1 saturated heterocycles. The Morgan fingerprint density at radius 3 is 1.74 bits per heavy atom. The van der Waals surface area contributed by atoms with Crippen molar-refractivity contribution in [2.24, 2.45) is 10.4 Å². The number of benzene rings is 1. The molecule has 0 bridgehead atoms. The SMILES string of the molecule is CC.CC.CC(=O)N1CCCN(C(=O)c2cc(C)c(C)cc2C)CC1.CCC(CC)(CC)C(=O)NC(C)=NC=C(C)C. The minimum Gasteiger partial charge on any atom is -0.341 e. The summed E-state index contributed by atoms with van der Waals surface area (Å²) in [6.45, 7) is 30.3. The lowest BCUT2D eigenvalue weighted by molar-refractivity contribution is -0.130. The molecule has 1 aliphatic heterocycles. The van der Waals surface area contributed by atoms with E-state index in [9.17, 15) is 14.4 Å². The highest BCUT2D eigenvalue weighted by molar-refractivity contribution is 5.99. The highest BCUT2D eigenvalue weighted by atomic mass is 16.2. The third kappa shape index (κ3) is 13.3. The van der Waals surface area contributed by atoms with Crippen LogP contribution < -0.4 is 5.32 Å². The molecule has 0 saturated carbocycles. The van der Waals surface area contributed by atoms with Crippen LogP contribution >= 0.6 is 0 Å². The normalized spacial score (nSPS) is 13.1. The van der Waals surface area contributed by atoms with E-state index >= 15 is 0 Å². The van der Waals surface area contributed by atoms with Gasteiger partial charge < -0.3 is 15.1 Å². The lowest BCUT2D eigenvalue weighted by Crippen LogP contribution is -2.42. The van der Waals surface area contributed by atoms with E-state index in [2.05, 4.69) is 44.1 Å². The number of aryl methyl sites for hydroxylation is 3. The topological polar surface area (TPSA) is 82.1 Å². The van der Waals surface area contributed by atoms with Gasteiger partial charge in [0.15, 0.2) is 0 Å². The molecule has 1 heterocycles. The number of nitrogens with zero attached hydrogens (tertiary/aromatic N) is 3. The average Bonchev–Trinajstić information content (AvgIpc) is 3.24. The van der Waals surface area contributed by atoms with Crippen LogP contribution in [-0.2, 0) is 9.59 Å². The minimum atomic E-state index is -0.248. The maximum absolute atomic E-state index is 12.7. The molecule has 1 aromatic carbocycles. The third-order valence-corrected chi connectivity index (χ3v) is 7.62. The van der Waals surface area contributed by atoms with Crippen molar-refractivity contribution < 1.29 is 14.4 Å². The fourth-order valence-corrected chi connectivity index (χ4v) is 4.58. The van der Waals surface area contributed by atoms with Crippen molar-refractivity contribution in [1.82, 2.24) is 15.1 Å². The van der Waals surface area contributed by atoms with E-state index in [1.54, 1.807) is 13.1 Å². The second-order valence-electron chi connectivity index (χ2n) is 10.6. The van der Waals surface area contributed by atoms with Crippen molar-refractivity contribution in [3.05, 3.63) is 46.2 Å². The molecule has 0 unspecified atom stereocenters. The van der Waals surface area contributed by atoms with Crippen molar-refractivity contribution in [3.63, 3.8) is 0 Å². The van der Waals surface area contributed by atoms with Crippen molar-refractivity contribution in [3.8, 4) is 0 Å². The van der Waals surface area contributed by atoms with Crippen LogP contribution in [0.1, 0.15) is 129 Å². The highest BCUT2D eigenvalue weighted by Gasteiger charge is 2.32. The summed E-state index contributed by atoms with van der Waals surface area (Å²) in [7, 11) is 0. The van der Waals surface area contributed by atoms with Crippen LogP contribution in [-0.4, -0.2) is 59.5 Å². The second-order valence-corrected chi connectivity index (χ2v) is 10.6. The summed E-state index contributed by atoms with van der Waals surface area (Å²) >= 11 is 0. The van der Waals surface area contributed by atoms with Gasteiger partial charge in [0.2, 0.25) is 11.8 Å². The number of nitrogens with one attached hydrogen (secondary N) is 1. The van der Waals surface area contributed by atoms with Crippen LogP contribution in [0.3, 0.4) is 0 Å². The summed E-state index contributed by atoms with van der Waals surface area (Å²) in [6, 6.07) is 4.06. The van der Waals surface area contributed by atoms with E-state index < -0.39 is 0 Å². The van der Waals surface area contributed by atoms with Crippen molar-refractivity contribution in [2.45, 2.75) is 123 Å². The lowest BCUT2D eigenvalue weighted by atomic mass is 9.79. The zero-order valence-corrected chi connectivity index (χ0v) is 29.5. The first-order valence-electron chi connectivity index (χ1n) is 15.9. The Labute approximate surface area is 258 Å². The number of carbonyl (C=O) groups is 3. The van der Waals surface area contributed by atoms with Gasteiger partial charge in [0.25, 0.3) is 5.91 Å². The number of amides is 3. The zero-order chi connectivity index (χ0) is 33.0. The summed E-state index contributed by atoms with van der Waals surface area (Å²) in [5.74, 6) is 0.928. The molecule has 0 aliphatic carbocycles. The van der Waals surface area contributed by atoms with E-state index in [1.807, 2.05) is 78.2 Å². The van der Waals surface area contributed by atoms with E-state index in [0.29, 0.717) is 18.9 Å². The molecule has 7 heteroatoms. The number of carbonyl (C=O) groups excluding carboxylic acids is 3. The van der Waals surface area contributed by atoms with E-state index in [1.165, 1.54) is 5.56 Å². The fraction of sp³-hybridized carbons (Fsp3) is 0.657. The number of amidine groups is 1. The Balaban J connectivity index is 0. The average molecular weight is 587 g/mol. The van der Waals surface area contributed by atoms with Crippen LogP contribution in [0.25, 0.3) is 0 Å². The smallest absolute Gasteiger partial charge is 0.254 e. The van der Waals surface area contributed by atoms with Crippen LogP contribution in [0.2, 0.25) is 0 Å². The van der Waals surface area contributed by atoms with Gasteiger partial charge in [-0.25, -0.2) is 4.99 Å². The van der Waals surface area contributed by atoms with Crippen molar-refractivity contribution in [1.29, 1.82) is 0 Å². The highest BCUT2D eigenvalue weighted by Crippen LogP contribution is 2.30. The van der Waals surface area contributed by atoms with Gasteiger partial charge >= 0.3 is 0 Å². The standard InChI is InChI=1S/C17H24N2O2.C14H26N2O.2C2H6/c1-12-10-14(3)16(11-13(12)2)17(21)19-7-5-6-18(8-9-19)15(4)20;1-7-14(8-2,9-3)13(17)16-12(6)15-10-11(4)5;2*1-2/h10-11H,5-9H2,1-4H3;10H,7-9H2,1-6H3,(H,15,16,17);2*1-2H3. The largest absolute Gasteiger partial charge is 0.341 e.